The standard InChI is InChI=1S/C13H15N5O2.C2H6/c1-7-3-4-9(5-8(7)2)18-6-10(16-13(15)20)11(17-18)12(14)19;1-2/h3-6H,1-2H3,(H2,14,19)(H3,15,16,20);1-2H3. The molecular formula is C15H21N5O2. The molecule has 0 radical (unpaired) electrons. The fourth-order valence-corrected chi connectivity index (χ4v) is 1.78. The number of carbonyl (C=O) groups excluding carboxylic acids is 2. The molecule has 0 spiro atoms. The Morgan fingerprint density at radius 1 is 1.14 bits per heavy atom. The molecule has 0 saturated carbocycles. The van der Waals surface area contributed by atoms with E-state index in [1.165, 1.54) is 10.9 Å². The maximum absolute atomic E-state index is 11.3. The lowest BCUT2D eigenvalue weighted by molar-refractivity contribution is 0.0996. The minimum absolute atomic E-state index is 0.0398. The van der Waals surface area contributed by atoms with Crippen molar-refractivity contribution in [3.8, 4) is 5.69 Å². The molecule has 0 aliphatic heterocycles. The third-order valence-corrected chi connectivity index (χ3v) is 2.96. The van der Waals surface area contributed by atoms with Crippen LogP contribution in [0.1, 0.15) is 35.5 Å². The van der Waals surface area contributed by atoms with Crippen LogP contribution < -0.4 is 16.8 Å². The van der Waals surface area contributed by atoms with Gasteiger partial charge < -0.3 is 16.8 Å². The van der Waals surface area contributed by atoms with E-state index in [2.05, 4.69) is 10.4 Å². The van der Waals surface area contributed by atoms with E-state index in [1.54, 1.807) is 0 Å². The molecule has 0 fully saturated rings. The molecule has 7 heteroatoms. The summed E-state index contributed by atoms with van der Waals surface area (Å²) in [5.41, 5.74) is 13.4. The third kappa shape index (κ3) is 3.85. The number of nitrogens with one attached hydrogen (secondary N) is 1. The normalized spacial score (nSPS) is 9.64. The van der Waals surface area contributed by atoms with E-state index in [0.29, 0.717) is 0 Å². The largest absolute Gasteiger partial charge is 0.364 e. The van der Waals surface area contributed by atoms with Crippen molar-refractivity contribution < 1.29 is 9.59 Å². The summed E-state index contributed by atoms with van der Waals surface area (Å²) in [6, 6.07) is 4.93. The van der Waals surface area contributed by atoms with Gasteiger partial charge in [0.05, 0.1) is 17.6 Å². The van der Waals surface area contributed by atoms with Crippen LogP contribution >= 0.6 is 0 Å². The Kier molecular flexibility index (Phi) is 5.68. The molecule has 118 valence electrons. The molecule has 0 aliphatic carbocycles. The van der Waals surface area contributed by atoms with Crippen LogP contribution in [0, 0.1) is 13.8 Å². The molecule has 0 bridgehead atoms. The van der Waals surface area contributed by atoms with Crippen molar-refractivity contribution >= 4 is 17.6 Å². The van der Waals surface area contributed by atoms with Crippen LogP contribution in [0.2, 0.25) is 0 Å². The number of hydrogen-bond donors (Lipinski definition) is 3. The molecule has 2 aromatic rings. The quantitative estimate of drug-likeness (QED) is 0.806. The number of anilines is 1. The summed E-state index contributed by atoms with van der Waals surface area (Å²) < 4.78 is 1.47. The minimum Gasteiger partial charge on any atom is -0.364 e. The Balaban J connectivity index is 0.00000116. The van der Waals surface area contributed by atoms with E-state index in [9.17, 15) is 9.59 Å². The number of aryl methyl sites for hydroxylation is 2. The maximum atomic E-state index is 11.3. The smallest absolute Gasteiger partial charge is 0.316 e. The number of rotatable bonds is 3. The summed E-state index contributed by atoms with van der Waals surface area (Å²) in [4.78, 5) is 22.2. The summed E-state index contributed by atoms with van der Waals surface area (Å²) in [6.07, 6.45) is 1.50. The van der Waals surface area contributed by atoms with Gasteiger partial charge in [0.25, 0.3) is 5.91 Å². The predicted octanol–water partition coefficient (Wildman–Crippen LogP) is 2.10. The van der Waals surface area contributed by atoms with Crippen molar-refractivity contribution in [3.63, 3.8) is 0 Å². The number of benzene rings is 1. The lowest BCUT2D eigenvalue weighted by atomic mass is 10.1. The minimum atomic E-state index is -0.785. The van der Waals surface area contributed by atoms with E-state index >= 15 is 0 Å². The number of aromatic nitrogens is 2. The van der Waals surface area contributed by atoms with Crippen molar-refractivity contribution in [2.75, 3.05) is 5.32 Å². The molecular weight excluding hydrogens is 282 g/mol. The zero-order chi connectivity index (χ0) is 16.9. The summed E-state index contributed by atoms with van der Waals surface area (Å²) in [6.45, 7) is 7.97. The molecule has 1 aromatic carbocycles. The van der Waals surface area contributed by atoms with Gasteiger partial charge in [0.2, 0.25) is 0 Å². The fraction of sp³-hybridized carbons (Fsp3) is 0.267. The second kappa shape index (κ2) is 7.26. The zero-order valence-electron chi connectivity index (χ0n) is 13.2. The molecule has 0 saturated heterocycles. The highest BCUT2D eigenvalue weighted by atomic mass is 16.2. The summed E-state index contributed by atoms with van der Waals surface area (Å²) in [5, 5.41) is 6.40. The lowest BCUT2D eigenvalue weighted by Crippen LogP contribution is -2.22. The van der Waals surface area contributed by atoms with E-state index in [4.69, 9.17) is 11.5 Å². The van der Waals surface area contributed by atoms with Crippen molar-refractivity contribution in [1.29, 1.82) is 0 Å². The molecule has 2 rings (SSSR count). The molecule has 0 aliphatic rings. The number of nitrogens with zero attached hydrogens (tertiary/aromatic N) is 2. The fourth-order valence-electron chi connectivity index (χ4n) is 1.78. The van der Waals surface area contributed by atoms with E-state index in [-0.39, 0.29) is 11.4 Å². The first-order chi connectivity index (χ1) is 10.4. The van der Waals surface area contributed by atoms with Crippen LogP contribution in [0.4, 0.5) is 10.5 Å². The first kappa shape index (κ1) is 17.2. The van der Waals surface area contributed by atoms with Gasteiger partial charge in [-0.2, -0.15) is 5.10 Å². The Labute approximate surface area is 129 Å². The first-order valence-electron chi connectivity index (χ1n) is 6.92. The number of nitrogens with two attached hydrogens (primary N) is 2. The predicted molar refractivity (Wildman–Crippen MR) is 86.1 cm³/mol. The van der Waals surface area contributed by atoms with Gasteiger partial charge in [-0.15, -0.1) is 0 Å². The molecule has 0 unspecified atom stereocenters. The molecule has 1 heterocycles. The van der Waals surface area contributed by atoms with Gasteiger partial charge in [-0.05, 0) is 37.1 Å². The van der Waals surface area contributed by atoms with E-state index in [0.717, 1.165) is 16.8 Å². The van der Waals surface area contributed by atoms with Gasteiger partial charge in [0.1, 0.15) is 0 Å². The van der Waals surface area contributed by atoms with Crippen LogP contribution in [0.15, 0.2) is 24.4 Å². The van der Waals surface area contributed by atoms with Crippen LogP contribution in [0.25, 0.3) is 5.69 Å². The molecule has 3 amide bonds. The number of carbonyl (C=O) groups is 2. The van der Waals surface area contributed by atoms with Crippen LogP contribution in [0.3, 0.4) is 0 Å². The van der Waals surface area contributed by atoms with Gasteiger partial charge in [-0.1, -0.05) is 19.9 Å². The van der Waals surface area contributed by atoms with Gasteiger partial charge in [0, 0.05) is 0 Å². The SMILES string of the molecule is CC.Cc1ccc(-n2cc(NC(N)=O)c(C(N)=O)n2)cc1C. The highest BCUT2D eigenvalue weighted by Crippen LogP contribution is 2.19. The van der Waals surface area contributed by atoms with E-state index in [1.807, 2.05) is 45.9 Å². The second-order valence-electron chi connectivity index (χ2n) is 4.46. The maximum Gasteiger partial charge on any atom is 0.316 e. The zero-order valence-corrected chi connectivity index (χ0v) is 13.2. The number of urea groups is 1. The Bertz CT molecular complexity index is 691. The number of hydrogen-bond acceptors (Lipinski definition) is 3. The number of amides is 3. The monoisotopic (exact) mass is 303 g/mol. The first-order valence-corrected chi connectivity index (χ1v) is 6.92. The molecule has 22 heavy (non-hydrogen) atoms. The Morgan fingerprint density at radius 2 is 1.77 bits per heavy atom. The summed E-state index contributed by atoms with van der Waals surface area (Å²) in [7, 11) is 0. The summed E-state index contributed by atoms with van der Waals surface area (Å²) >= 11 is 0. The van der Waals surface area contributed by atoms with Crippen molar-refractivity contribution in [1.82, 2.24) is 9.78 Å². The van der Waals surface area contributed by atoms with Crippen molar-refractivity contribution in [2.45, 2.75) is 27.7 Å². The lowest BCUT2D eigenvalue weighted by Gasteiger charge is -2.04. The summed E-state index contributed by atoms with van der Waals surface area (Å²) in [5.74, 6) is -0.740. The van der Waals surface area contributed by atoms with Gasteiger partial charge >= 0.3 is 6.03 Å². The Morgan fingerprint density at radius 3 is 2.27 bits per heavy atom. The third-order valence-electron chi connectivity index (χ3n) is 2.96. The van der Waals surface area contributed by atoms with Gasteiger partial charge in [-0.3, -0.25) is 4.79 Å². The average molecular weight is 303 g/mol. The number of primary amides is 2. The molecule has 1 aromatic heterocycles. The van der Waals surface area contributed by atoms with Crippen LogP contribution in [-0.2, 0) is 0 Å². The van der Waals surface area contributed by atoms with Crippen molar-refractivity contribution in [2.24, 2.45) is 11.5 Å². The highest BCUT2D eigenvalue weighted by molar-refractivity contribution is 6.00. The van der Waals surface area contributed by atoms with Gasteiger partial charge in [0.15, 0.2) is 5.69 Å². The van der Waals surface area contributed by atoms with Crippen molar-refractivity contribution in [3.05, 3.63) is 41.2 Å². The van der Waals surface area contributed by atoms with Crippen LogP contribution in [0.5, 0.6) is 0 Å². The highest BCUT2D eigenvalue weighted by Gasteiger charge is 2.16. The second-order valence-corrected chi connectivity index (χ2v) is 4.46. The molecule has 5 N–H and O–H groups in total. The van der Waals surface area contributed by atoms with E-state index < -0.39 is 11.9 Å². The van der Waals surface area contributed by atoms with Crippen LogP contribution in [-0.4, -0.2) is 21.7 Å². The molecule has 0 atom stereocenters. The van der Waals surface area contributed by atoms with Gasteiger partial charge in [-0.25, -0.2) is 9.48 Å². The Hall–Kier alpha value is -2.83. The molecule has 7 nitrogen and oxygen atoms in total. The average Bonchev–Trinajstić information content (AvgIpc) is 2.87. The topological polar surface area (TPSA) is 116 Å².